The Morgan fingerprint density at radius 1 is 1.08 bits per heavy atom. The first-order valence-corrected chi connectivity index (χ1v) is 8.79. The maximum absolute atomic E-state index is 12.4. The normalized spacial score (nSPS) is 10.8. The monoisotopic (exact) mass is 374 g/mol. The van der Waals surface area contributed by atoms with Crippen molar-refractivity contribution in [2.75, 3.05) is 20.0 Å². The molecule has 0 bridgehead atoms. The minimum Gasteiger partial charge on any atom is -0.493 e. The second kappa shape index (κ2) is 7.65. The summed E-state index contributed by atoms with van der Waals surface area (Å²) in [5.41, 5.74) is 1.28. The van der Waals surface area contributed by atoms with Crippen molar-refractivity contribution in [3.63, 3.8) is 0 Å². The summed E-state index contributed by atoms with van der Waals surface area (Å²) >= 11 is 1.18. The lowest BCUT2D eigenvalue weighted by molar-refractivity contribution is 0.102. The van der Waals surface area contributed by atoms with Crippen molar-refractivity contribution >= 4 is 17.5 Å². The average molecular weight is 374 g/mol. The highest BCUT2D eigenvalue weighted by Gasteiger charge is 2.17. The summed E-state index contributed by atoms with van der Waals surface area (Å²) in [6, 6.07) is 6.89. The van der Waals surface area contributed by atoms with E-state index in [1.165, 1.54) is 18.9 Å². The van der Waals surface area contributed by atoms with Crippen LogP contribution in [-0.2, 0) is 0 Å². The Hall–Kier alpha value is -2.74. The van der Waals surface area contributed by atoms with Gasteiger partial charge in [0, 0.05) is 5.56 Å². The standard InChI is InChI=1S/C18H18N2O5S/c1-10-7-13(11(2)24-10)17-19-20-18(25-17)26-9-14(21)12-5-6-15(22-3)16(8-12)23-4/h5-8H,9H2,1-4H3. The van der Waals surface area contributed by atoms with Crippen LogP contribution in [0, 0.1) is 13.8 Å². The molecule has 2 aromatic heterocycles. The van der Waals surface area contributed by atoms with Crippen molar-refractivity contribution in [3.05, 3.63) is 41.3 Å². The fourth-order valence-electron chi connectivity index (χ4n) is 2.44. The lowest BCUT2D eigenvalue weighted by atomic mass is 10.1. The summed E-state index contributed by atoms with van der Waals surface area (Å²) in [4.78, 5) is 12.4. The molecule has 0 aliphatic rings. The SMILES string of the molecule is COc1ccc(C(=O)CSc2nnc(-c3cc(C)oc3C)o2)cc1OC. The molecule has 2 heterocycles. The third-order valence-corrected chi connectivity index (χ3v) is 4.53. The number of furan rings is 1. The number of carbonyl (C=O) groups excluding carboxylic acids is 1. The average Bonchev–Trinajstić information content (AvgIpc) is 3.24. The van der Waals surface area contributed by atoms with Crippen molar-refractivity contribution in [2.24, 2.45) is 0 Å². The molecule has 0 unspecified atom stereocenters. The van der Waals surface area contributed by atoms with E-state index in [0.717, 1.165) is 11.3 Å². The molecular weight excluding hydrogens is 356 g/mol. The molecule has 0 saturated heterocycles. The zero-order valence-electron chi connectivity index (χ0n) is 14.9. The van der Waals surface area contributed by atoms with Crippen LogP contribution in [0.2, 0.25) is 0 Å². The number of rotatable bonds is 7. The van der Waals surface area contributed by atoms with E-state index in [0.29, 0.717) is 33.9 Å². The number of hydrogen-bond acceptors (Lipinski definition) is 8. The van der Waals surface area contributed by atoms with Gasteiger partial charge in [0.1, 0.15) is 11.5 Å². The van der Waals surface area contributed by atoms with Gasteiger partial charge in [-0.15, -0.1) is 10.2 Å². The lowest BCUT2D eigenvalue weighted by Crippen LogP contribution is -2.03. The molecule has 0 atom stereocenters. The van der Waals surface area contributed by atoms with Crippen molar-refractivity contribution in [3.8, 4) is 23.0 Å². The van der Waals surface area contributed by atoms with Gasteiger partial charge in [-0.2, -0.15) is 0 Å². The number of methoxy groups -OCH3 is 2. The molecule has 0 saturated carbocycles. The van der Waals surface area contributed by atoms with Gasteiger partial charge in [0.05, 0.1) is 25.5 Å². The molecule has 0 aliphatic heterocycles. The van der Waals surface area contributed by atoms with Gasteiger partial charge in [0.15, 0.2) is 17.3 Å². The second-order valence-electron chi connectivity index (χ2n) is 5.48. The van der Waals surface area contributed by atoms with Gasteiger partial charge in [-0.05, 0) is 38.1 Å². The van der Waals surface area contributed by atoms with Crippen LogP contribution in [0.4, 0.5) is 0 Å². The Morgan fingerprint density at radius 2 is 1.85 bits per heavy atom. The van der Waals surface area contributed by atoms with Crippen LogP contribution in [-0.4, -0.2) is 36.0 Å². The third kappa shape index (κ3) is 3.75. The van der Waals surface area contributed by atoms with Crippen molar-refractivity contribution in [2.45, 2.75) is 19.1 Å². The lowest BCUT2D eigenvalue weighted by Gasteiger charge is -2.08. The molecular formula is C18H18N2O5S. The number of ketones is 1. The Morgan fingerprint density at radius 3 is 2.50 bits per heavy atom. The van der Waals surface area contributed by atoms with Gasteiger partial charge in [0.25, 0.3) is 11.1 Å². The predicted molar refractivity (Wildman–Crippen MR) is 96.1 cm³/mol. The van der Waals surface area contributed by atoms with Crippen molar-refractivity contribution in [1.29, 1.82) is 0 Å². The quantitative estimate of drug-likeness (QED) is 0.454. The molecule has 0 spiro atoms. The smallest absolute Gasteiger partial charge is 0.277 e. The van der Waals surface area contributed by atoms with E-state index in [-0.39, 0.29) is 11.5 Å². The van der Waals surface area contributed by atoms with Crippen LogP contribution in [0.1, 0.15) is 21.9 Å². The van der Waals surface area contributed by atoms with Crippen LogP contribution in [0.25, 0.3) is 11.5 Å². The fraction of sp³-hybridized carbons (Fsp3) is 0.278. The largest absolute Gasteiger partial charge is 0.493 e. The van der Waals surface area contributed by atoms with E-state index in [2.05, 4.69) is 10.2 Å². The summed E-state index contributed by atoms with van der Waals surface area (Å²) in [5, 5.41) is 8.32. The molecule has 0 aliphatic carbocycles. The first kappa shape index (κ1) is 18.1. The minimum absolute atomic E-state index is 0.0777. The van der Waals surface area contributed by atoms with Gasteiger partial charge in [0.2, 0.25) is 0 Å². The van der Waals surface area contributed by atoms with E-state index in [9.17, 15) is 4.79 Å². The van der Waals surface area contributed by atoms with Crippen LogP contribution in [0.3, 0.4) is 0 Å². The molecule has 0 radical (unpaired) electrons. The first-order chi connectivity index (χ1) is 12.5. The molecule has 0 amide bonds. The summed E-state index contributed by atoms with van der Waals surface area (Å²) in [5.74, 6) is 3.03. The van der Waals surface area contributed by atoms with E-state index >= 15 is 0 Å². The fourth-order valence-corrected chi connectivity index (χ4v) is 3.10. The maximum Gasteiger partial charge on any atom is 0.277 e. The third-order valence-electron chi connectivity index (χ3n) is 3.71. The zero-order valence-corrected chi connectivity index (χ0v) is 15.7. The minimum atomic E-state index is -0.0777. The number of carbonyl (C=O) groups is 1. The van der Waals surface area contributed by atoms with Gasteiger partial charge >= 0.3 is 0 Å². The number of ether oxygens (including phenoxy) is 2. The molecule has 0 fully saturated rings. The first-order valence-electron chi connectivity index (χ1n) is 7.80. The van der Waals surface area contributed by atoms with E-state index in [1.807, 2.05) is 19.9 Å². The van der Waals surface area contributed by atoms with Crippen LogP contribution < -0.4 is 9.47 Å². The number of aryl methyl sites for hydroxylation is 2. The van der Waals surface area contributed by atoms with Gasteiger partial charge in [-0.25, -0.2) is 0 Å². The number of thioether (sulfide) groups is 1. The van der Waals surface area contributed by atoms with Crippen molar-refractivity contribution < 1.29 is 23.1 Å². The number of Topliss-reactive ketones (excluding diaryl/α,β-unsaturated/α-hetero) is 1. The van der Waals surface area contributed by atoms with Crippen LogP contribution in [0.5, 0.6) is 11.5 Å². The summed E-state index contributed by atoms with van der Waals surface area (Å²) in [7, 11) is 3.08. The van der Waals surface area contributed by atoms with Crippen LogP contribution >= 0.6 is 11.8 Å². The highest BCUT2D eigenvalue weighted by Crippen LogP contribution is 2.30. The second-order valence-corrected chi connectivity index (χ2v) is 6.41. The Labute approximate surface area is 154 Å². The van der Waals surface area contributed by atoms with Crippen LogP contribution in [0.15, 0.2) is 38.3 Å². The number of aromatic nitrogens is 2. The number of benzene rings is 1. The van der Waals surface area contributed by atoms with Gasteiger partial charge in [-0.1, -0.05) is 11.8 Å². The maximum atomic E-state index is 12.4. The van der Waals surface area contributed by atoms with E-state index in [1.54, 1.807) is 25.3 Å². The summed E-state index contributed by atoms with van der Waals surface area (Å²) < 4.78 is 21.5. The van der Waals surface area contributed by atoms with Gasteiger partial charge in [-0.3, -0.25) is 4.79 Å². The zero-order chi connectivity index (χ0) is 18.7. The summed E-state index contributed by atoms with van der Waals surface area (Å²) in [6.07, 6.45) is 0. The summed E-state index contributed by atoms with van der Waals surface area (Å²) in [6.45, 7) is 3.68. The molecule has 136 valence electrons. The molecule has 26 heavy (non-hydrogen) atoms. The predicted octanol–water partition coefficient (Wildman–Crippen LogP) is 3.94. The Bertz CT molecular complexity index is 932. The highest BCUT2D eigenvalue weighted by atomic mass is 32.2. The molecule has 3 rings (SSSR count). The van der Waals surface area contributed by atoms with E-state index in [4.69, 9.17) is 18.3 Å². The molecule has 7 nitrogen and oxygen atoms in total. The highest BCUT2D eigenvalue weighted by molar-refractivity contribution is 7.99. The molecule has 0 N–H and O–H groups in total. The van der Waals surface area contributed by atoms with Crippen molar-refractivity contribution in [1.82, 2.24) is 10.2 Å². The molecule has 1 aromatic carbocycles. The Kier molecular flexibility index (Phi) is 5.32. The topological polar surface area (TPSA) is 87.6 Å². The van der Waals surface area contributed by atoms with E-state index < -0.39 is 0 Å². The number of hydrogen-bond donors (Lipinski definition) is 0. The number of nitrogens with zero attached hydrogens (tertiary/aromatic N) is 2. The molecule has 3 aromatic rings. The Balaban J connectivity index is 1.68. The molecule has 8 heteroatoms. The van der Waals surface area contributed by atoms with Gasteiger partial charge < -0.3 is 18.3 Å².